The summed E-state index contributed by atoms with van der Waals surface area (Å²) in [5.74, 6) is -1.33. The van der Waals surface area contributed by atoms with E-state index in [4.69, 9.17) is 0 Å². The third-order valence-electron chi connectivity index (χ3n) is 6.67. The van der Waals surface area contributed by atoms with Crippen molar-refractivity contribution < 1.29 is 42.0 Å². The second-order valence-electron chi connectivity index (χ2n) is 9.48. The van der Waals surface area contributed by atoms with Gasteiger partial charge in [0.05, 0.1) is 29.1 Å². The minimum absolute atomic E-state index is 0. The molecular weight excluding hydrogens is 563 g/mol. The summed E-state index contributed by atoms with van der Waals surface area (Å²) in [6.07, 6.45) is 2.09. The van der Waals surface area contributed by atoms with Crippen molar-refractivity contribution in [1.82, 2.24) is 5.32 Å². The fourth-order valence-corrected chi connectivity index (χ4v) is 6.45. The average molecular weight is 595 g/mol. The van der Waals surface area contributed by atoms with Crippen LogP contribution in [-0.2, 0) is 21.4 Å². The van der Waals surface area contributed by atoms with Crippen molar-refractivity contribution in [2.75, 3.05) is 16.3 Å². The van der Waals surface area contributed by atoms with E-state index in [0.29, 0.717) is 22.6 Å². The number of hydrogen-bond donors (Lipinski definition) is 1. The van der Waals surface area contributed by atoms with E-state index >= 15 is 0 Å². The Hall–Kier alpha value is -3.48. The van der Waals surface area contributed by atoms with Crippen molar-refractivity contribution in [1.29, 1.82) is 0 Å². The second-order valence-corrected chi connectivity index (χ2v) is 12.3. The summed E-state index contributed by atoms with van der Waals surface area (Å²) in [5.41, 5.74) is 3.71. The van der Waals surface area contributed by atoms with Gasteiger partial charge in [0.2, 0.25) is 0 Å². The van der Waals surface area contributed by atoms with Crippen molar-refractivity contribution in [3.63, 3.8) is 0 Å². The molecule has 0 fully saturated rings. The van der Waals surface area contributed by atoms with Gasteiger partial charge < -0.3 is 15.2 Å². The number of carboxylic acids is 1. The number of nitrogens with zero attached hydrogens (tertiary/aromatic N) is 1. The number of carboxylic acid groups (broad SMARTS) is 1. The molecule has 0 aromatic heterocycles. The van der Waals surface area contributed by atoms with Gasteiger partial charge in [0, 0.05) is 5.56 Å². The minimum Gasteiger partial charge on any atom is -0.548 e. The van der Waals surface area contributed by atoms with Crippen LogP contribution in [0.1, 0.15) is 27.9 Å². The van der Waals surface area contributed by atoms with Crippen LogP contribution in [0.15, 0.2) is 108 Å². The summed E-state index contributed by atoms with van der Waals surface area (Å²) in [6.45, 7) is 1.93. The SMILES string of the molecule is CSCCC(NC(=O)c1ccc(CN(c2ccccc2)S(=O)(=O)c2ccccc2)cc1-c1ccccc1C)C(=O)[O-].[Li+]. The second kappa shape index (κ2) is 15.1. The van der Waals surface area contributed by atoms with Crippen LogP contribution in [0.5, 0.6) is 0 Å². The molecule has 1 amide bonds. The molecule has 0 aliphatic carbocycles. The van der Waals surface area contributed by atoms with Gasteiger partial charge in [-0.15, -0.1) is 0 Å². The number of hydrogen-bond acceptors (Lipinski definition) is 6. The van der Waals surface area contributed by atoms with Gasteiger partial charge in [-0.1, -0.05) is 66.7 Å². The third-order valence-corrected chi connectivity index (χ3v) is 9.10. The molecule has 42 heavy (non-hydrogen) atoms. The number of aryl methyl sites for hydroxylation is 1. The zero-order valence-electron chi connectivity index (χ0n) is 23.8. The maximum absolute atomic E-state index is 13.8. The Morgan fingerprint density at radius 2 is 1.50 bits per heavy atom. The molecule has 0 aliphatic heterocycles. The fraction of sp³-hybridized carbons (Fsp3) is 0.188. The van der Waals surface area contributed by atoms with Crippen molar-refractivity contribution in [3.8, 4) is 11.1 Å². The summed E-state index contributed by atoms with van der Waals surface area (Å²) >= 11 is 1.48. The van der Waals surface area contributed by atoms with E-state index in [2.05, 4.69) is 5.32 Å². The molecule has 212 valence electrons. The van der Waals surface area contributed by atoms with Crippen molar-refractivity contribution in [2.24, 2.45) is 0 Å². The predicted molar refractivity (Wildman–Crippen MR) is 162 cm³/mol. The van der Waals surface area contributed by atoms with Crippen LogP contribution in [0.3, 0.4) is 0 Å². The molecule has 0 heterocycles. The summed E-state index contributed by atoms with van der Waals surface area (Å²) in [5, 5.41) is 14.3. The standard InChI is InChI=1S/C32H32N2O5S2.Li/c1-23-11-9-10-16-27(23)29-21-24(17-18-28(29)31(35)33-30(32(36)37)19-20-40-2)22-34(25-12-5-3-6-13-25)41(38,39)26-14-7-4-8-15-26;/h3-18,21,30H,19-20,22H2,1-2H3,(H,33,35)(H,36,37);/q;+1/p-1. The fourth-order valence-electron chi connectivity index (χ4n) is 4.50. The Labute approximate surface area is 263 Å². The number of carbonyl (C=O) groups excluding carboxylic acids is 2. The van der Waals surface area contributed by atoms with Crippen LogP contribution in [-0.4, -0.2) is 38.3 Å². The number of rotatable bonds is 12. The maximum atomic E-state index is 13.8. The Morgan fingerprint density at radius 1 is 0.881 bits per heavy atom. The Morgan fingerprint density at radius 3 is 2.12 bits per heavy atom. The van der Waals surface area contributed by atoms with Crippen molar-refractivity contribution >= 4 is 39.3 Å². The monoisotopic (exact) mass is 594 g/mol. The van der Waals surface area contributed by atoms with Crippen LogP contribution < -0.4 is 33.6 Å². The van der Waals surface area contributed by atoms with Gasteiger partial charge in [0.1, 0.15) is 0 Å². The smallest absolute Gasteiger partial charge is 0.548 e. The average Bonchev–Trinajstić information content (AvgIpc) is 2.98. The number of nitrogens with one attached hydrogen (secondary N) is 1. The number of aliphatic carboxylic acids is 1. The molecule has 0 saturated carbocycles. The first-order valence-corrected chi connectivity index (χ1v) is 15.9. The van der Waals surface area contributed by atoms with Gasteiger partial charge in [-0.3, -0.25) is 9.10 Å². The molecule has 4 aromatic rings. The number of benzene rings is 4. The van der Waals surface area contributed by atoms with Crippen LogP contribution in [0, 0.1) is 6.92 Å². The number of anilines is 1. The third kappa shape index (κ3) is 7.87. The van der Waals surface area contributed by atoms with Gasteiger partial charge in [0.25, 0.3) is 15.9 Å². The van der Waals surface area contributed by atoms with E-state index in [9.17, 15) is 23.1 Å². The van der Waals surface area contributed by atoms with Crippen LogP contribution in [0.25, 0.3) is 11.1 Å². The van der Waals surface area contributed by atoms with E-state index in [1.54, 1.807) is 72.8 Å². The van der Waals surface area contributed by atoms with Crippen molar-refractivity contribution in [3.05, 3.63) is 120 Å². The molecule has 10 heteroatoms. The number of thioether (sulfide) groups is 1. The molecule has 1 atom stereocenters. The summed E-state index contributed by atoms with van der Waals surface area (Å²) in [7, 11) is -3.92. The van der Waals surface area contributed by atoms with Gasteiger partial charge >= 0.3 is 18.9 Å². The van der Waals surface area contributed by atoms with Crippen LogP contribution >= 0.6 is 11.8 Å². The van der Waals surface area contributed by atoms with Gasteiger partial charge in [-0.2, -0.15) is 11.8 Å². The van der Waals surface area contributed by atoms with E-state index in [0.717, 1.165) is 11.1 Å². The Bertz CT molecular complexity index is 1620. The molecule has 0 bridgehead atoms. The zero-order chi connectivity index (χ0) is 29.4. The quantitative estimate of drug-likeness (QED) is 0.250. The van der Waals surface area contributed by atoms with Gasteiger partial charge in [-0.05, 0) is 84.0 Å². The summed E-state index contributed by atoms with van der Waals surface area (Å²) in [6, 6.07) is 28.6. The number of amides is 1. The molecule has 7 nitrogen and oxygen atoms in total. The molecular formula is C32H31LiN2O5S2. The number of para-hydroxylation sites is 1. The molecule has 4 aromatic carbocycles. The van der Waals surface area contributed by atoms with Crippen LogP contribution in [0.2, 0.25) is 0 Å². The largest absolute Gasteiger partial charge is 1.00 e. The predicted octanol–water partition coefficient (Wildman–Crippen LogP) is 1.66. The van der Waals surface area contributed by atoms with E-state index in [1.807, 2.05) is 43.5 Å². The zero-order valence-corrected chi connectivity index (χ0v) is 25.5. The number of sulfonamides is 1. The van der Waals surface area contributed by atoms with E-state index in [-0.39, 0.29) is 42.3 Å². The Kier molecular flexibility index (Phi) is 11.9. The van der Waals surface area contributed by atoms with Gasteiger partial charge in [-0.25, -0.2) is 8.42 Å². The molecule has 4 rings (SSSR count). The summed E-state index contributed by atoms with van der Waals surface area (Å²) < 4.78 is 28.9. The van der Waals surface area contributed by atoms with Crippen molar-refractivity contribution in [2.45, 2.75) is 30.8 Å². The molecule has 0 radical (unpaired) electrons. The van der Waals surface area contributed by atoms with E-state index in [1.165, 1.54) is 16.1 Å². The first-order valence-electron chi connectivity index (χ1n) is 13.0. The van der Waals surface area contributed by atoms with Crippen LogP contribution in [0.4, 0.5) is 5.69 Å². The van der Waals surface area contributed by atoms with Gasteiger partial charge in [0.15, 0.2) is 0 Å². The molecule has 0 spiro atoms. The summed E-state index contributed by atoms with van der Waals surface area (Å²) in [4.78, 5) is 25.3. The first-order chi connectivity index (χ1) is 19.7. The van der Waals surface area contributed by atoms with E-state index < -0.39 is 27.9 Å². The molecule has 1 unspecified atom stereocenters. The first kappa shape index (κ1) is 33.0. The minimum atomic E-state index is -3.92. The maximum Gasteiger partial charge on any atom is 1.00 e. The molecule has 0 aliphatic rings. The normalized spacial score (nSPS) is 11.7. The molecule has 1 N–H and O–H groups in total. The Balaban J connectivity index is 0.00000484. The number of carbonyl (C=O) groups is 2. The topological polar surface area (TPSA) is 107 Å². The molecule has 0 saturated heterocycles.